The number of hydrogen-bond acceptors (Lipinski definition) is 2. The highest BCUT2D eigenvalue weighted by molar-refractivity contribution is 5.78. The summed E-state index contributed by atoms with van der Waals surface area (Å²) in [6.45, 7) is 8.32. The lowest BCUT2D eigenvalue weighted by atomic mass is 10.0. The van der Waals surface area contributed by atoms with Crippen LogP contribution in [0.15, 0.2) is 0 Å². The highest BCUT2D eigenvalue weighted by Crippen LogP contribution is 2.27. The number of carbonyl (C=O) groups is 1. The lowest BCUT2D eigenvalue weighted by Gasteiger charge is -2.36. The predicted molar refractivity (Wildman–Crippen MR) is 65.2 cm³/mol. The van der Waals surface area contributed by atoms with Gasteiger partial charge in [0.15, 0.2) is 0 Å². The van der Waals surface area contributed by atoms with E-state index >= 15 is 0 Å². The summed E-state index contributed by atoms with van der Waals surface area (Å²) >= 11 is 0. The molecule has 0 aromatic carbocycles. The normalized spacial score (nSPS) is 22.8. The van der Waals surface area contributed by atoms with Crippen molar-refractivity contribution < 1.29 is 4.79 Å². The van der Waals surface area contributed by atoms with Crippen LogP contribution in [0.5, 0.6) is 0 Å². The van der Waals surface area contributed by atoms with E-state index < -0.39 is 0 Å². The van der Waals surface area contributed by atoms with Crippen molar-refractivity contribution in [1.29, 1.82) is 0 Å². The van der Waals surface area contributed by atoms with E-state index in [1.165, 1.54) is 12.8 Å². The Kier molecular flexibility index (Phi) is 3.85. The van der Waals surface area contributed by atoms with E-state index in [2.05, 4.69) is 23.6 Å². The summed E-state index contributed by atoms with van der Waals surface area (Å²) in [4.78, 5) is 16.8. The van der Waals surface area contributed by atoms with Gasteiger partial charge >= 0.3 is 0 Å². The fourth-order valence-corrected chi connectivity index (χ4v) is 2.64. The standard InChI is InChI=1S/C13H24N2O/c1-3-11(4-2)13(16)15-9-7-14(8-10-15)12-5-6-12/h11-12H,3-10H2,1-2H3. The molecule has 0 unspecified atom stereocenters. The zero-order valence-electron chi connectivity index (χ0n) is 10.6. The Labute approximate surface area is 98.8 Å². The van der Waals surface area contributed by atoms with Gasteiger partial charge in [-0.15, -0.1) is 0 Å². The van der Waals surface area contributed by atoms with Gasteiger partial charge in [0, 0.05) is 38.1 Å². The molecule has 3 nitrogen and oxygen atoms in total. The molecule has 0 bridgehead atoms. The van der Waals surface area contributed by atoms with Gasteiger partial charge in [-0.3, -0.25) is 9.69 Å². The molecule has 0 radical (unpaired) electrons. The molecule has 2 rings (SSSR count). The summed E-state index contributed by atoms with van der Waals surface area (Å²) in [6.07, 6.45) is 4.72. The first-order valence-corrected chi connectivity index (χ1v) is 6.79. The molecule has 1 aliphatic heterocycles. The van der Waals surface area contributed by atoms with E-state index in [1.807, 2.05) is 0 Å². The predicted octanol–water partition coefficient (Wildman–Crippen LogP) is 1.73. The van der Waals surface area contributed by atoms with Gasteiger partial charge in [-0.25, -0.2) is 0 Å². The van der Waals surface area contributed by atoms with Gasteiger partial charge in [0.2, 0.25) is 5.91 Å². The van der Waals surface area contributed by atoms with Crippen molar-refractivity contribution in [2.24, 2.45) is 5.92 Å². The molecule has 1 aliphatic carbocycles. The summed E-state index contributed by atoms with van der Waals surface area (Å²) in [5.41, 5.74) is 0. The van der Waals surface area contributed by atoms with Crippen LogP contribution in [0.1, 0.15) is 39.5 Å². The van der Waals surface area contributed by atoms with Gasteiger partial charge in [-0.05, 0) is 25.7 Å². The number of amides is 1. The number of carbonyl (C=O) groups excluding carboxylic acids is 1. The molecule has 0 aromatic heterocycles. The maximum Gasteiger partial charge on any atom is 0.225 e. The fraction of sp³-hybridized carbons (Fsp3) is 0.923. The molecule has 16 heavy (non-hydrogen) atoms. The van der Waals surface area contributed by atoms with Crippen LogP contribution in [-0.2, 0) is 4.79 Å². The third-order valence-electron chi connectivity index (χ3n) is 4.02. The zero-order chi connectivity index (χ0) is 11.5. The molecule has 2 fully saturated rings. The second-order valence-corrected chi connectivity index (χ2v) is 5.11. The SMILES string of the molecule is CCC(CC)C(=O)N1CCN(C2CC2)CC1. The van der Waals surface area contributed by atoms with Crippen LogP contribution in [0.25, 0.3) is 0 Å². The number of nitrogens with zero attached hydrogens (tertiary/aromatic N) is 2. The number of rotatable bonds is 4. The summed E-state index contributed by atoms with van der Waals surface area (Å²) in [6, 6.07) is 0.852. The smallest absolute Gasteiger partial charge is 0.225 e. The molecule has 92 valence electrons. The molecule has 0 atom stereocenters. The Morgan fingerprint density at radius 2 is 1.69 bits per heavy atom. The van der Waals surface area contributed by atoms with Gasteiger partial charge in [-0.1, -0.05) is 13.8 Å². The molecule has 1 saturated heterocycles. The van der Waals surface area contributed by atoms with E-state index in [1.54, 1.807) is 0 Å². The number of hydrogen-bond donors (Lipinski definition) is 0. The molecule has 1 amide bonds. The summed E-state index contributed by atoms with van der Waals surface area (Å²) in [7, 11) is 0. The maximum atomic E-state index is 12.2. The van der Waals surface area contributed by atoms with Crippen molar-refractivity contribution in [3.8, 4) is 0 Å². The van der Waals surface area contributed by atoms with E-state index in [0.717, 1.165) is 45.1 Å². The molecule has 2 aliphatic rings. The lowest BCUT2D eigenvalue weighted by molar-refractivity contribution is -0.137. The minimum Gasteiger partial charge on any atom is -0.340 e. The minimum atomic E-state index is 0.257. The van der Waals surface area contributed by atoms with Gasteiger partial charge in [0.25, 0.3) is 0 Å². The van der Waals surface area contributed by atoms with Crippen molar-refractivity contribution in [3.05, 3.63) is 0 Å². The Hall–Kier alpha value is -0.570. The molecular weight excluding hydrogens is 200 g/mol. The van der Waals surface area contributed by atoms with E-state index in [0.29, 0.717) is 5.91 Å². The molecule has 0 N–H and O–H groups in total. The Balaban J connectivity index is 1.80. The van der Waals surface area contributed by atoms with Crippen LogP contribution in [-0.4, -0.2) is 47.9 Å². The Morgan fingerprint density at radius 1 is 1.12 bits per heavy atom. The third-order valence-corrected chi connectivity index (χ3v) is 4.02. The van der Waals surface area contributed by atoms with Crippen molar-refractivity contribution in [2.45, 2.75) is 45.6 Å². The van der Waals surface area contributed by atoms with Crippen LogP contribution >= 0.6 is 0 Å². The molecule has 0 aromatic rings. The second kappa shape index (κ2) is 5.17. The van der Waals surface area contributed by atoms with E-state index in [-0.39, 0.29) is 5.92 Å². The molecular formula is C13H24N2O. The monoisotopic (exact) mass is 224 g/mol. The average Bonchev–Trinajstić information content (AvgIpc) is 3.15. The number of piperazine rings is 1. The van der Waals surface area contributed by atoms with Crippen LogP contribution < -0.4 is 0 Å². The summed E-state index contributed by atoms with van der Waals surface area (Å²) in [5, 5.41) is 0. The Morgan fingerprint density at radius 3 is 2.12 bits per heavy atom. The van der Waals surface area contributed by atoms with Crippen molar-refractivity contribution >= 4 is 5.91 Å². The van der Waals surface area contributed by atoms with E-state index in [4.69, 9.17) is 0 Å². The summed E-state index contributed by atoms with van der Waals surface area (Å²) < 4.78 is 0. The van der Waals surface area contributed by atoms with Crippen LogP contribution in [0.4, 0.5) is 0 Å². The van der Waals surface area contributed by atoms with Crippen molar-refractivity contribution in [2.75, 3.05) is 26.2 Å². The lowest BCUT2D eigenvalue weighted by Crippen LogP contribution is -2.50. The van der Waals surface area contributed by atoms with Crippen molar-refractivity contribution in [1.82, 2.24) is 9.80 Å². The third kappa shape index (κ3) is 2.57. The average molecular weight is 224 g/mol. The molecule has 3 heteroatoms. The van der Waals surface area contributed by atoms with Gasteiger partial charge in [0.1, 0.15) is 0 Å². The van der Waals surface area contributed by atoms with Crippen LogP contribution in [0.3, 0.4) is 0 Å². The molecule has 1 heterocycles. The first-order valence-electron chi connectivity index (χ1n) is 6.79. The van der Waals surface area contributed by atoms with Gasteiger partial charge < -0.3 is 4.90 Å². The van der Waals surface area contributed by atoms with Crippen LogP contribution in [0, 0.1) is 5.92 Å². The largest absolute Gasteiger partial charge is 0.340 e. The topological polar surface area (TPSA) is 23.6 Å². The zero-order valence-corrected chi connectivity index (χ0v) is 10.6. The first-order chi connectivity index (χ1) is 7.76. The quantitative estimate of drug-likeness (QED) is 0.726. The van der Waals surface area contributed by atoms with Crippen LogP contribution in [0.2, 0.25) is 0 Å². The van der Waals surface area contributed by atoms with Gasteiger partial charge in [0.05, 0.1) is 0 Å². The molecule has 1 saturated carbocycles. The first kappa shape index (κ1) is 11.9. The maximum absolute atomic E-state index is 12.2. The highest BCUT2D eigenvalue weighted by atomic mass is 16.2. The minimum absolute atomic E-state index is 0.257. The van der Waals surface area contributed by atoms with Crippen molar-refractivity contribution in [3.63, 3.8) is 0 Å². The summed E-state index contributed by atoms with van der Waals surface area (Å²) in [5.74, 6) is 0.646. The highest BCUT2D eigenvalue weighted by Gasteiger charge is 2.33. The van der Waals surface area contributed by atoms with E-state index in [9.17, 15) is 4.79 Å². The second-order valence-electron chi connectivity index (χ2n) is 5.11. The van der Waals surface area contributed by atoms with Gasteiger partial charge in [-0.2, -0.15) is 0 Å². The molecule has 0 spiro atoms. The Bertz CT molecular complexity index is 238. The fourth-order valence-electron chi connectivity index (χ4n) is 2.64.